The number of aromatic nitrogens is 1. The summed E-state index contributed by atoms with van der Waals surface area (Å²) in [5.41, 5.74) is 6.56. The Bertz CT molecular complexity index is 587. The molecular weight excluding hydrogens is 266 g/mol. The highest BCUT2D eigenvalue weighted by Crippen LogP contribution is 2.30. The average molecular weight is 281 g/mol. The minimum absolute atomic E-state index is 0.198. The third-order valence-corrected chi connectivity index (χ3v) is 4.39. The Hall–Kier alpha value is -1.11. The van der Waals surface area contributed by atoms with Crippen molar-refractivity contribution >= 4 is 44.9 Å². The monoisotopic (exact) mass is 281 g/mol. The molecule has 0 aliphatic rings. The lowest BCUT2D eigenvalue weighted by molar-refractivity contribution is -0.120. The molecule has 18 heavy (non-hydrogen) atoms. The van der Waals surface area contributed by atoms with Crippen molar-refractivity contribution in [1.29, 1.82) is 0 Å². The number of nitrogens with one attached hydrogen (secondary N) is 1. The van der Waals surface area contributed by atoms with Crippen LogP contribution in [0.2, 0.25) is 0 Å². The van der Waals surface area contributed by atoms with Gasteiger partial charge < -0.3 is 11.1 Å². The molecule has 3 N–H and O–H groups in total. The van der Waals surface area contributed by atoms with Crippen molar-refractivity contribution in [3.63, 3.8) is 0 Å². The summed E-state index contributed by atoms with van der Waals surface area (Å²) in [7, 11) is 0. The van der Waals surface area contributed by atoms with E-state index in [0.717, 1.165) is 20.2 Å². The van der Waals surface area contributed by atoms with Gasteiger partial charge in [0.1, 0.15) is 0 Å². The van der Waals surface area contributed by atoms with Gasteiger partial charge in [0.05, 0.1) is 15.8 Å². The molecule has 6 heteroatoms. The van der Waals surface area contributed by atoms with Crippen molar-refractivity contribution < 1.29 is 4.79 Å². The topological polar surface area (TPSA) is 68.0 Å². The van der Waals surface area contributed by atoms with E-state index in [1.165, 1.54) is 0 Å². The van der Waals surface area contributed by atoms with Gasteiger partial charge in [-0.05, 0) is 38.3 Å². The molecule has 2 aromatic rings. The number of thiazole rings is 1. The minimum atomic E-state index is -0.882. The van der Waals surface area contributed by atoms with Crippen LogP contribution in [0, 0.1) is 0 Å². The maximum atomic E-state index is 11.8. The van der Waals surface area contributed by atoms with Crippen LogP contribution in [-0.4, -0.2) is 22.7 Å². The Morgan fingerprint density at radius 1 is 1.50 bits per heavy atom. The highest BCUT2D eigenvalue weighted by atomic mass is 32.2. The van der Waals surface area contributed by atoms with Crippen molar-refractivity contribution in [3.8, 4) is 0 Å². The second-order valence-corrected chi connectivity index (χ2v) is 6.63. The minimum Gasteiger partial charge on any atom is -0.324 e. The number of carbonyl (C=O) groups excluding carboxylic acids is 1. The summed E-state index contributed by atoms with van der Waals surface area (Å²) in [6, 6.07) is 5.68. The van der Waals surface area contributed by atoms with Gasteiger partial charge in [0.2, 0.25) is 5.91 Å². The predicted molar refractivity (Wildman–Crippen MR) is 78.3 cm³/mol. The van der Waals surface area contributed by atoms with Crippen LogP contribution in [0.4, 0.5) is 5.69 Å². The molecule has 1 aromatic carbocycles. The maximum Gasteiger partial charge on any atom is 0.243 e. The van der Waals surface area contributed by atoms with Crippen LogP contribution >= 0.6 is 23.1 Å². The number of amides is 1. The number of anilines is 1. The van der Waals surface area contributed by atoms with E-state index in [9.17, 15) is 4.79 Å². The van der Waals surface area contributed by atoms with E-state index in [1.54, 1.807) is 36.9 Å². The van der Waals surface area contributed by atoms with Crippen LogP contribution in [0.25, 0.3) is 10.2 Å². The van der Waals surface area contributed by atoms with E-state index in [-0.39, 0.29) is 5.91 Å². The van der Waals surface area contributed by atoms with Crippen molar-refractivity contribution in [2.75, 3.05) is 11.6 Å². The van der Waals surface area contributed by atoms with Gasteiger partial charge in [0.15, 0.2) is 4.34 Å². The van der Waals surface area contributed by atoms with E-state index >= 15 is 0 Å². The summed E-state index contributed by atoms with van der Waals surface area (Å²) in [4.78, 5) is 16.2. The summed E-state index contributed by atoms with van der Waals surface area (Å²) in [5, 5.41) is 2.81. The van der Waals surface area contributed by atoms with E-state index < -0.39 is 5.54 Å². The zero-order valence-electron chi connectivity index (χ0n) is 10.5. The number of rotatable bonds is 3. The molecule has 2 rings (SSSR count). The lowest BCUT2D eigenvalue weighted by Crippen LogP contribution is -2.45. The van der Waals surface area contributed by atoms with Crippen molar-refractivity contribution in [3.05, 3.63) is 18.2 Å². The molecular formula is C12H15N3OS2. The summed E-state index contributed by atoms with van der Waals surface area (Å²) >= 11 is 3.23. The normalized spacial score (nSPS) is 11.8. The average Bonchev–Trinajstić information content (AvgIpc) is 2.69. The van der Waals surface area contributed by atoms with Crippen molar-refractivity contribution in [2.24, 2.45) is 5.73 Å². The molecule has 0 bridgehead atoms. The molecule has 0 aliphatic carbocycles. The Morgan fingerprint density at radius 2 is 2.22 bits per heavy atom. The fourth-order valence-corrected chi connectivity index (χ4v) is 2.89. The second kappa shape index (κ2) is 4.87. The van der Waals surface area contributed by atoms with Crippen LogP contribution in [0.5, 0.6) is 0 Å². The molecule has 0 aliphatic heterocycles. The number of nitrogens with zero attached hydrogens (tertiary/aromatic N) is 1. The van der Waals surface area contributed by atoms with Crippen LogP contribution in [-0.2, 0) is 4.79 Å². The molecule has 0 saturated heterocycles. The quantitative estimate of drug-likeness (QED) is 0.849. The number of benzene rings is 1. The molecule has 0 atom stereocenters. The van der Waals surface area contributed by atoms with Crippen LogP contribution in [0.15, 0.2) is 22.5 Å². The summed E-state index contributed by atoms with van der Waals surface area (Å²) in [6.45, 7) is 3.36. The van der Waals surface area contributed by atoms with E-state index in [0.29, 0.717) is 0 Å². The third-order valence-electron chi connectivity index (χ3n) is 2.39. The van der Waals surface area contributed by atoms with Crippen LogP contribution in [0.3, 0.4) is 0 Å². The molecule has 1 aromatic heterocycles. The fraction of sp³-hybridized carbons (Fsp3) is 0.333. The third kappa shape index (κ3) is 2.82. The molecule has 1 heterocycles. The molecule has 4 nitrogen and oxygen atoms in total. The molecule has 0 radical (unpaired) electrons. The Kier molecular flexibility index (Phi) is 3.61. The van der Waals surface area contributed by atoms with E-state index in [1.807, 2.05) is 24.5 Å². The van der Waals surface area contributed by atoms with Gasteiger partial charge in [-0.3, -0.25) is 4.79 Å². The molecule has 96 valence electrons. The smallest absolute Gasteiger partial charge is 0.243 e. The van der Waals surface area contributed by atoms with Gasteiger partial charge in [-0.25, -0.2) is 4.98 Å². The van der Waals surface area contributed by atoms with Crippen molar-refractivity contribution in [1.82, 2.24) is 4.98 Å². The van der Waals surface area contributed by atoms with Crippen LogP contribution < -0.4 is 11.1 Å². The number of hydrogen-bond acceptors (Lipinski definition) is 5. The second-order valence-electron chi connectivity index (χ2n) is 4.54. The summed E-state index contributed by atoms with van der Waals surface area (Å²) in [5.74, 6) is -0.198. The van der Waals surface area contributed by atoms with Gasteiger partial charge >= 0.3 is 0 Å². The fourth-order valence-electron chi connectivity index (χ4n) is 1.36. The standard InChI is InChI=1S/C12H15N3OS2/c1-12(2,13)10(16)14-7-4-5-8-9(6-7)18-11(15-8)17-3/h4-6H,13H2,1-3H3,(H,14,16). The SMILES string of the molecule is CSc1nc2ccc(NC(=O)C(C)(C)N)cc2s1. The lowest BCUT2D eigenvalue weighted by Gasteiger charge is -2.17. The predicted octanol–water partition coefficient (Wildman–Crippen LogP) is 2.69. The Morgan fingerprint density at radius 3 is 2.83 bits per heavy atom. The Labute approximate surface area is 114 Å². The highest BCUT2D eigenvalue weighted by molar-refractivity contribution is 8.00. The van der Waals surface area contributed by atoms with E-state index in [2.05, 4.69) is 10.3 Å². The molecule has 0 saturated carbocycles. The first-order valence-corrected chi connectivity index (χ1v) is 7.49. The first kappa shape index (κ1) is 13.3. The zero-order valence-corrected chi connectivity index (χ0v) is 12.1. The van der Waals surface area contributed by atoms with E-state index in [4.69, 9.17) is 5.73 Å². The molecule has 1 amide bonds. The number of thioether (sulfide) groups is 1. The molecule has 0 spiro atoms. The highest BCUT2D eigenvalue weighted by Gasteiger charge is 2.21. The molecule has 0 unspecified atom stereocenters. The molecule has 0 fully saturated rings. The van der Waals surface area contributed by atoms with Crippen molar-refractivity contribution in [2.45, 2.75) is 23.7 Å². The zero-order chi connectivity index (χ0) is 13.3. The van der Waals surface area contributed by atoms with Gasteiger partial charge in [-0.15, -0.1) is 11.3 Å². The number of fused-ring (bicyclic) bond motifs is 1. The largest absolute Gasteiger partial charge is 0.324 e. The van der Waals surface area contributed by atoms with Gasteiger partial charge in [0.25, 0.3) is 0 Å². The number of hydrogen-bond donors (Lipinski definition) is 2. The summed E-state index contributed by atoms with van der Waals surface area (Å²) < 4.78 is 2.08. The maximum absolute atomic E-state index is 11.8. The van der Waals surface area contributed by atoms with Gasteiger partial charge in [-0.2, -0.15) is 0 Å². The first-order valence-electron chi connectivity index (χ1n) is 5.45. The van der Waals surface area contributed by atoms with Gasteiger partial charge in [-0.1, -0.05) is 11.8 Å². The number of carbonyl (C=O) groups is 1. The first-order chi connectivity index (χ1) is 8.40. The lowest BCUT2D eigenvalue weighted by atomic mass is 10.1. The van der Waals surface area contributed by atoms with Crippen LogP contribution in [0.1, 0.15) is 13.8 Å². The Balaban J connectivity index is 2.27. The summed E-state index contributed by atoms with van der Waals surface area (Å²) in [6.07, 6.45) is 2.00. The van der Waals surface area contributed by atoms with Gasteiger partial charge in [0, 0.05) is 5.69 Å². The number of nitrogens with two attached hydrogens (primary N) is 1.